The lowest BCUT2D eigenvalue weighted by atomic mass is 9.99. The summed E-state index contributed by atoms with van der Waals surface area (Å²) in [6.45, 7) is 2.11. The predicted molar refractivity (Wildman–Crippen MR) is 87.5 cm³/mol. The molecule has 0 aromatic heterocycles. The number of fused-ring (bicyclic) bond motifs is 1. The van der Waals surface area contributed by atoms with Crippen molar-refractivity contribution < 1.29 is 9.53 Å². The minimum absolute atomic E-state index is 0.000304. The summed E-state index contributed by atoms with van der Waals surface area (Å²) >= 11 is 9.79. The Morgan fingerprint density at radius 2 is 2.10 bits per heavy atom. The Balaban J connectivity index is 1.98. The molecule has 0 fully saturated rings. The van der Waals surface area contributed by atoms with E-state index in [-0.39, 0.29) is 17.3 Å². The number of rotatable bonds is 2. The molecule has 0 bridgehead atoms. The van der Waals surface area contributed by atoms with Crippen molar-refractivity contribution in [2.45, 2.75) is 11.8 Å². The highest BCUT2D eigenvalue weighted by Gasteiger charge is 2.19. The molecule has 1 N–H and O–H groups in total. The second kappa shape index (κ2) is 5.70. The minimum Gasteiger partial charge on any atom is -0.482 e. The first kappa shape index (κ1) is 14.4. The lowest BCUT2D eigenvalue weighted by Gasteiger charge is -2.20. The average molecular weight is 367 g/mol. The smallest absolute Gasteiger partial charge is 0.262 e. The third-order valence-electron chi connectivity index (χ3n) is 3.44. The van der Waals surface area contributed by atoms with E-state index < -0.39 is 0 Å². The number of hydrogen-bond donors (Lipinski definition) is 1. The summed E-state index contributed by atoms with van der Waals surface area (Å²) in [5.74, 6) is 0.561. The molecule has 2 aromatic carbocycles. The molecule has 0 saturated carbocycles. The van der Waals surface area contributed by atoms with Crippen LogP contribution in [0.15, 0.2) is 36.4 Å². The first-order valence-corrected chi connectivity index (χ1v) is 7.80. The van der Waals surface area contributed by atoms with E-state index in [1.807, 2.05) is 43.3 Å². The van der Waals surface area contributed by atoms with Crippen molar-refractivity contribution in [3.05, 3.63) is 58.1 Å². The quantitative estimate of drug-likeness (QED) is 0.797. The maximum atomic E-state index is 11.4. The summed E-state index contributed by atoms with van der Waals surface area (Å²) in [5.41, 5.74) is 3.99. The Labute approximate surface area is 136 Å². The number of ether oxygens (including phenoxy) is 1. The molecule has 0 saturated heterocycles. The molecule has 1 atom stereocenters. The van der Waals surface area contributed by atoms with Crippen LogP contribution in [-0.2, 0) is 4.79 Å². The van der Waals surface area contributed by atoms with E-state index in [9.17, 15) is 4.79 Å². The highest BCUT2D eigenvalue weighted by molar-refractivity contribution is 9.09. The summed E-state index contributed by atoms with van der Waals surface area (Å²) in [6, 6.07) is 11.6. The van der Waals surface area contributed by atoms with Crippen LogP contribution in [0.3, 0.4) is 0 Å². The fraction of sp³-hybridized carbons (Fsp3) is 0.188. The highest BCUT2D eigenvalue weighted by Crippen LogP contribution is 2.38. The number of hydrogen-bond acceptors (Lipinski definition) is 2. The van der Waals surface area contributed by atoms with Gasteiger partial charge in [-0.25, -0.2) is 0 Å². The second-order valence-electron chi connectivity index (χ2n) is 4.96. The SMILES string of the molecule is Cc1ccc(Cl)cc1C(Br)c1ccc2c(c1)NC(=O)CO2. The predicted octanol–water partition coefficient (Wildman–Crippen LogP) is 4.46. The zero-order valence-corrected chi connectivity index (χ0v) is 13.7. The number of anilines is 1. The van der Waals surface area contributed by atoms with Crippen LogP contribution in [0.1, 0.15) is 21.5 Å². The summed E-state index contributed by atoms with van der Waals surface area (Å²) in [4.78, 5) is 11.4. The Hall–Kier alpha value is -1.52. The summed E-state index contributed by atoms with van der Waals surface area (Å²) in [7, 11) is 0. The van der Waals surface area contributed by atoms with Gasteiger partial charge in [0.25, 0.3) is 5.91 Å². The third-order valence-corrected chi connectivity index (χ3v) is 4.70. The van der Waals surface area contributed by atoms with Crippen LogP contribution in [0.4, 0.5) is 5.69 Å². The lowest BCUT2D eigenvalue weighted by Crippen LogP contribution is -2.25. The number of benzene rings is 2. The van der Waals surface area contributed by atoms with Crippen LogP contribution in [0.25, 0.3) is 0 Å². The van der Waals surface area contributed by atoms with Gasteiger partial charge in [-0.2, -0.15) is 0 Å². The molecule has 1 aliphatic heterocycles. The molecular weight excluding hydrogens is 354 g/mol. The topological polar surface area (TPSA) is 38.3 Å². The minimum atomic E-state index is -0.135. The van der Waals surface area contributed by atoms with Crippen LogP contribution in [-0.4, -0.2) is 12.5 Å². The van der Waals surface area contributed by atoms with E-state index in [1.54, 1.807) is 0 Å². The van der Waals surface area contributed by atoms with Crippen LogP contribution in [0.2, 0.25) is 5.02 Å². The molecule has 3 nitrogen and oxygen atoms in total. The van der Waals surface area contributed by atoms with Gasteiger partial charge in [-0.3, -0.25) is 4.79 Å². The summed E-state index contributed by atoms with van der Waals surface area (Å²) in [6.07, 6.45) is 0. The molecule has 5 heteroatoms. The number of carbonyl (C=O) groups excluding carboxylic acids is 1. The number of aryl methyl sites for hydroxylation is 1. The van der Waals surface area contributed by atoms with Gasteiger partial charge in [0.1, 0.15) is 5.75 Å². The molecule has 1 aliphatic rings. The van der Waals surface area contributed by atoms with E-state index >= 15 is 0 Å². The van der Waals surface area contributed by atoms with E-state index in [0.717, 1.165) is 16.7 Å². The molecule has 1 unspecified atom stereocenters. The molecule has 2 aromatic rings. The van der Waals surface area contributed by atoms with E-state index in [4.69, 9.17) is 16.3 Å². The van der Waals surface area contributed by atoms with Crippen LogP contribution in [0.5, 0.6) is 5.75 Å². The third kappa shape index (κ3) is 2.92. The first-order chi connectivity index (χ1) is 10.0. The number of alkyl halides is 1. The second-order valence-corrected chi connectivity index (χ2v) is 6.31. The van der Waals surface area contributed by atoms with E-state index in [2.05, 4.69) is 21.2 Å². The Bertz CT molecular complexity index is 717. The van der Waals surface area contributed by atoms with Gasteiger partial charge in [0, 0.05) is 5.02 Å². The van der Waals surface area contributed by atoms with Crippen molar-refractivity contribution in [1.29, 1.82) is 0 Å². The van der Waals surface area contributed by atoms with Gasteiger partial charge in [0.05, 0.1) is 10.5 Å². The van der Waals surface area contributed by atoms with Gasteiger partial charge in [-0.1, -0.05) is 39.7 Å². The van der Waals surface area contributed by atoms with Crippen LogP contribution < -0.4 is 10.1 Å². The Morgan fingerprint density at radius 3 is 2.90 bits per heavy atom. The molecule has 0 radical (unpaired) electrons. The standard InChI is InChI=1S/C16H13BrClNO2/c1-9-2-4-11(18)7-12(9)16(17)10-3-5-14-13(6-10)19-15(20)8-21-14/h2-7,16H,8H2,1H3,(H,19,20). The fourth-order valence-electron chi connectivity index (χ4n) is 2.32. The highest BCUT2D eigenvalue weighted by atomic mass is 79.9. The van der Waals surface area contributed by atoms with Crippen LogP contribution in [0, 0.1) is 6.92 Å². The molecule has 108 valence electrons. The monoisotopic (exact) mass is 365 g/mol. The lowest BCUT2D eigenvalue weighted by molar-refractivity contribution is -0.118. The average Bonchev–Trinajstić information content (AvgIpc) is 2.48. The number of halogens is 2. The van der Waals surface area contributed by atoms with Gasteiger partial charge in [0.2, 0.25) is 0 Å². The number of nitrogens with one attached hydrogen (secondary N) is 1. The Kier molecular flexibility index (Phi) is 3.91. The molecule has 1 amide bonds. The molecule has 1 heterocycles. The van der Waals surface area contributed by atoms with Gasteiger partial charge in [0.15, 0.2) is 6.61 Å². The van der Waals surface area contributed by atoms with Crippen molar-refractivity contribution in [3.8, 4) is 5.75 Å². The number of carbonyl (C=O) groups is 1. The zero-order valence-electron chi connectivity index (χ0n) is 11.3. The maximum Gasteiger partial charge on any atom is 0.262 e. The van der Waals surface area contributed by atoms with Crippen molar-refractivity contribution in [3.63, 3.8) is 0 Å². The summed E-state index contributed by atoms with van der Waals surface area (Å²) in [5, 5.41) is 3.53. The van der Waals surface area contributed by atoms with Gasteiger partial charge >= 0.3 is 0 Å². The van der Waals surface area contributed by atoms with Crippen molar-refractivity contribution in [2.24, 2.45) is 0 Å². The Morgan fingerprint density at radius 1 is 1.29 bits per heavy atom. The molecular formula is C16H13BrClNO2. The first-order valence-electron chi connectivity index (χ1n) is 6.51. The molecule has 0 spiro atoms. The van der Waals surface area contributed by atoms with E-state index in [1.165, 1.54) is 0 Å². The molecule has 0 aliphatic carbocycles. The van der Waals surface area contributed by atoms with E-state index in [0.29, 0.717) is 16.5 Å². The molecule has 21 heavy (non-hydrogen) atoms. The number of amides is 1. The van der Waals surface area contributed by atoms with Crippen molar-refractivity contribution in [2.75, 3.05) is 11.9 Å². The van der Waals surface area contributed by atoms with Crippen molar-refractivity contribution in [1.82, 2.24) is 0 Å². The molecule has 3 rings (SSSR count). The normalized spacial score (nSPS) is 14.9. The zero-order chi connectivity index (χ0) is 15.0. The van der Waals surface area contributed by atoms with Gasteiger partial charge < -0.3 is 10.1 Å². The largest absolute Gasteiger partial charge is 0.482 e. The van der Waals surface area contributed by atoms with Gasteiger partial charge in [-0.05, 0) is 47.9 Å². The van der Waals surface area contributed by atoms with Crippen molar-refractivity contribution >= 4 is 39.1 Å². The maximum absolute atomic E-state index is 11.4. The van der Waals surface area contributed by atoms with Crippen LogP contribution >= 0.6 is 27.5 Å². The fourth-order valence-corrected chi connectivity index (χ4v) is 3.28. The summed E-state index contributed by atoms with van der Waals surface area (Å²) < 4.78 is 5.37. The van der Waals surface area contributed by atoms with Gasteiger partial charge in [-0.15, -0.1) is 0 Å².